The molecule has 1 aromatic rings. The summed E-state index contributed by atoms with van der Waals surface area (Å²) in [5, 5.41) is 11.5. The lowest BCUT2D eigenvalue weighted by atomic mass is 9.80. The number of hydrogen-bond acceptors (Lipinski definition) is 2. The number of benzene rings is 1. The summed E-state index contributed by atoms with van der Waals surface area (Å²) < 4.78 is 0. The Morgan fingerprint density at radius 2 is 2.00 bits per heavy atom. The van der Waals surface area contributed by atoms with Gasteiger partial charge in [-0.1, -0.05) is 39.8 Å². The fraction of sp³-hybridized carbons (Fsp3) is 0.412. The van der Waals surface area contributed by atoms with Crippen molar-refractivity contribution >= 4 is 23.6 Å². The molecule has 0 bridgehead atoms. The number of amides is 1. The molecular weight excluding hydrogens is 266 g/mol. The van der Waals surface area contributed by atoms with Gasteiger partial charge in [-0.15, -0.1) is 0 Å². The number of carbonyl (C=O) groups is 2. The van der Waals surface area contributed by atoms with Gasteiger partial charge in [-0.3, -0.25) is 4.79 Å². The molecule has 114 valence electrons. The number of carboxylic acids is 1. The lowest BCUT2D eigenvalue weighted by Crippen LogP contribution is -2.23. The van der Waals surface area contributed by atoms with Gasteiger partial charge < -0.3 is 10.4 Å². The van der Waals surface area contributed by atoms with Crippen LogP contribution < -0.4 is 5.32 Å². The summed E-state index contributed by atoms with van der Waals surface area (Å²) >= 11 is 0. The van der Waals surface area contributed by atoms with Gasteiger partial charge in [0.1, 0.15) is 0 Å². The number of nitrogens with one attached hydrogen (secondary N) is 1. The van der Waals surface area contributed by atoms with Crippen molar-refractivity contribution in [1.29, 1.82) is 0 Å². The fourth-order valence-corrected chi connectivity index (χ4v) is 1.68. The van der Waals surface area contributed by atoms with Gasteiger partial charge >= 0.3 is 5.97 Å². The van der Waals surface area contributed by atoms with Crippen LogP contribution in [0.4, 0.5) is 5.69 Å². The molecule has 0 radical (unpaired) electrons. The van der Waals surface area contributed by atoms with Crippen molar-refractivity contribution in [3.63, 3.8) is 0 Å². The van der Waals surface area contributed by atoms with Gasteiger partial charge in [0.15, 0.2) is 0 Å². The monoisotopic (exact) mass is 289 g/mol. The van der Waals surface area contributed by atoms with Crippen LogP contribution in [-0.4, -0.2) is 17.0 Å². The molecule has 0 fully saturated rings. The largest absolute Gasteiger partial charge is 0.478 e. The Morgan fingerprint density at radius 1 is 1.33 bits per heavy atom. The summed E-state index contributed by atoms with van der Waals surface area (Å²) in [6.07, 6.45) is 3.02. The normalized spacial score (nSPS) is 13.1. The van der Waals surface area contributed by atoms with E-state index in [1.54, 1.807) is 24.3 Å². The first-order valence-electron chi connectivity index (χ1n) is 6.99. The van der Waals surface area contributed by atoms with Crippen molar-refractivity contribution in [1.82, 2.24) is 0 Å². The molecule has 2 N–H and O–H groups in total. The molecule has 1 atom stereocenters. The number of rotatable bonds is 5. The molecule has 4 heteroatoms. The van der Waals surface area contributed by atoms with Crippen LogP contribution in [0, 0.1) is 11.3 Å². The Labute approximate surface area is 125 Å². The lowest BCUT2D eigenvalue weighted by molar-refractivity contribution is -0.131. The first kappa shape index (κ1) is 17.0. The molecule has 0 aliphatic heterocycles. The first-order valence-corrected chi connectivity index (χ1v) is 6.99. The van der Waals surface area contributed by atoms with Crippen LogP contribution in [0.25, 0.3) is 6.08 Å². The average Bonchev–Trinajstić information content (AvgIpc) is 2.35. The Hall–Kier alpha value is -2.10. The maximum absolute atomic E-state index is 12.0. The minimum atomic E-state index is -0.997. The van der Waals surface area contributed by atoms with Crippen molar-refractivity contribution in [3.8, 4) is 0 Å². The molecule has 0 aromatic heterocycles. The van der Waals surface area contributed by atoms with E-state index in [9.17, 15) is 9.59 Å². The smallest absolute Gasteiger partial charge is 0.328 e. The van der Waals surface area contributed by atoms with E-state index in [4.69, 9.17) is 5.11 Å². The third-order valence-electron chi connectivity index (χ3n) is 3.56. The predicted molar refractivity (Wildman–Crippen MR) is 85.0 cm³/mol. The number of carboxylic acid groups (broad SMARTS) is 1. The van der Waals surface area contributed by atoms with E-state index in [1.165, 1.54) is 6.08 Å². The molecule has 21 heavy (non-hydrogen) atoms. The van der Waals surface area contributed by atoms with Crippen LogP contribution in [-0.2, 0) is 9.59 Å². The highest BCUT2D eigenvalue weighted by Gasteiger charge is 2.22. The fourth-order valence-electron chi connectivity index (χ4n) is 1.68. The summed E-state index contributed by atoms with van der Waals surface area (Å²) in [7, 11) is 0. The topological polar surface area (TPSA) is 66.4 Å². The molecule has 0 heterocycles. The maximum atomic E-state index is 12.0. The van der Waals surface area contributed by atoms with Gasteiger partial charge in [-0.2, -0.15) is 0 Å². The van der Waals surface area contributed by atoms with Gasteiger partial charge in [0, 0.05) is 18.2 Å². The van der Waals surface area contributed by atoms with Crippen molar-refractivity contribution in [2.24, 2.45) is 11.3 Å². The zero-order valence-electron chi connectivity index (χ0n) is 13.0. The molecule has 4 nitrogen and oxygen atoms in total. The molecule has 1 unspecified atom stereocenters. The van der Waals surface area contributed by atoms with Crippen molar-refractivity contribution in [2.45, 2.75) is 34.1 Å². The molecule has 1 rings (SSSR count). The van der Waals surface area contributed by atoms with Crippen molar-refractivity contribution in [3.05, 3.63) is 35.9 Å². The summed E-state index contributed by atoms with van der Waals surface area (Å²) in [5.41, 5.74) is 1.50. The Kier molecular flexibility index (Phi) is 5.70. The number of anilines is 1. The lowest BCUT2D eigenvalue weighted by Gasteiger charge is -2.26. The van der Waals surface area contributed by atoms with E-state index in [2.05, 4.69) is 33.0 Å². The zero-order valence-corrected chi connectivity index (χ0v) is 13.0. The Morgan fingerprint density at radius 3 is 2.57 bits per heavy atom. The van der Waals surface area contributed by atoms with E-state index in [-0.39, 0.29) is 17.2 Å². The molecule has 0 saturated heterocycles. The number of aliphatic carboxylic acids is 1. The number of carbonyl (C=O) groups excluding carboxylic acids is 1. The highest BCUT2D eigenvalue weighted by atomic mass is 16.4. The highest BCUT2D eigenvalue weighted by molar-refractivity contribution is 5.91. The quantitative estimate of drug-likeness (QED) is 0.810. The third kappa shape index (κ3) is 6.25. The standard InChI is InChI=1S/C17H23NO3/c1-12(17(2,3)4)10-15(19)18-14-7-5-6-13(11-14)8-9-16(20)21/h5-9,11-12H,10H2,1-4H3,(H,18,19)(H,20,21). The average molecular weight is 289 g/mol. The summed E-state index contributed by atoms with van der Waals surface area (Å²) in [4.78, 5) is 22.5. The number of hydrogen-bond donors (Lipinski definition) is 2. The summed E-state index contributed by atoms with van der Waals surface area (Å²) in [6, 6.07) is 7.11. The molecule has 0 spiro atoms. The first-order chi connectivity index (χ1) is 9.68. The minimum absolute atomic E-state index is 0.0308. The summed E-state index contributed by atoms with van der Waals surface area (Å²) in [5.74, 6) is -0.757. The van der Waals surface area contributed by atoms with E-state index >= 15 is 0 Å². The van der Waals surface area contributed by atoms with Gasteiger partial charge in [-0.05, 0) is 35.1 Å². The second-order valence-corrected chi connectivity index (χ2v) is 6.32. The third-order valence-corrected chi connectivity index (χ3v) is 3.56. The van der Waals surface area contributed by atoms with Crippen LogP contribution in [0.2, 0.25) is 0 Å². The second kappa shape index (κ2) is 7.07. The molecular formula is C17H23NO3. The minimum Gasteiger partial charge on any atom is -0.478 e. The molecule has 0 saturated carbocycles. The van der Waals surface area contributed by atoms with E-state index in [0.717, 1.165) is 11.6 Å². The SMILES string of the molecule is CC(CC(=O)Nc1cccc(C=CC(=O)O)c1)C(C)(C)C. The van der Waals surface area contributed by atoms with E-state index in [1.807, 2.05) is 0 Å². The maximum Gasteiger partial charge on any atom is 0.328 e. The van der Waals surface area contributed by atoms with E-state index in [0.29, 0.717) is 12.1 Å². The molecule has 0 aliphatic carbocycles. The van der Waals surface area contributed by atoms with Crippen LogP contribution in [0.3, 0.4) is 0 Å². The van der Waals surface area contributed by atoms with Gasteiger partial charge in [-0.25, -0.2) is 4.79 Å². The van der Waals surface area contributed by atoms with Crippen LogP contribution >= 0.6 is 0 Å². The van der Waals surface area contributed by atoms with Crippen molar-refractivity contribution in [2.75, 3.05) is 5.32 Å². The van der Waals surface area contributed by atoms with Crippen LogP contribution in [0.15, 0.2) is 30.3 Å². The van der Waals surface area contributed by atoms with E-state index < -0.39 is 5.97 Å². The van der Waals surface area contributed by atoms with Crippen molar-refractivity contribution < 1.29 is 14.7 Å². The predicted octanol–water partition coefficient (Wildman–Crippen LogP) is 3.80. The second-order valence-electron chi connectivity index (χ2n) is 6.32. The molecule has 1 aromatic carbocycles. The van der Waals surface area contributed by atoms with Gasteiger partial charge in [0.05, 0.1) is 0 Å². The summed E-state index contributed by atoms with van der Waals surface area (Å²) in [6.45, 7) is 8.40. The molecule has 1 amide bonds. The van der Waals surface area contributed by atoms with Gasteiger partial charge in [0.25, 0.3) is 0 Å². The molecule has 0 aliphatic rings. The Bertz CT molecular complexity index is 541. The highest BCUT2D eigenvalue weighted by Crippen LogP contribution is 2.28. The Balaban J connectivity index is 2.69. The van der Waals surface area contributed by atoms with Crippen LogP contribution in [0.1, 0.15) is 39.7 Å². The van der Waals surface area contributed by atoms with Crippen LogP contribution in [0.5, 0.6) is 0 Å². The van der Waals surface area contributed by atoms with Gasteiger partial charge in [0.2, 0.25) is 5.91 Å². The zero-order chi connectivity index (χ0) is 16.0.